The van der Waals surface area contributed by atoms with E-state index in [2.05, 4.69) is 28.7 Å². The maximum absolute atomic E-state index is 13.2. The largest absolute Gasteiger partial charge is 0.490 e. The Morgan fingerprint density at radius 3 is 2.55 bits per heavy atom. The lowest BCUT2D eigenvalue weighted by molar-refractivity contribution is -0.134. The normalized spacial score (nSPS) is 22.0. The molecule has 0 radical (unpaired) electrons. The first-order valence-electron chi connectivity index (χ1n) is 11.5. The van der Waals surface area contributed by atoms with Crippen LogP contribution in [0.4, 0.5) is 0 Å². The SMILES string of the molecule is C[C@@H]1c2cccn2CCN1CC(=O)N1CCN(S(=O)(=O)c2ccc3c(c2)OCCCO3)CC1. The van der Waals surface area contributed by atoms with Crippen molar-refractivity contribution < 1.29 is 22.7 Å². The molecule has 1 saturated heterocycles. The summed E-state index contributed by atoms with van der Waals surface area (Å²) >= 11 is 0. The molecule has 33 heavy (non-hydrogen) atoms. The Balaban J connectivity index is 1.20. The predicted molar refractivity (Wildman–Crippen MR) is 122 cm³/mol. The van der Waals surface area contributed by atoms with E-state index in [0.29, 0.717) is 44.3 Å². The quantitative estimate of drug-likeness (QED) is 0.669. The summed E-state index contributed by atoms with van der Waals surface area (Å²) in [6.07, 6.45) is 2.84. The van der Waals surface area contributed by atoms with Gasteiger partial charge in [-0.05, 0) is 31.2 Å². The summed E-state index contributed by atoms with van der Waals surface area (Å²) in [5, 5.41) is 0. The summed E-state index contributed by atoms with van der Waals surface area (Å²) in [6.45, 7) is 6.56. The van der Waals surface area contributed by atoms with Gasteiger partial charge in [0.15, 0.2) is 11.5 Å². The molecule has 1 fully saturated rings. The van der Waals surface area contributed by atoms with Crippen LogP contribution in [0.2, 0.25) is 0 Å². The van der Waals surface area contributed by atoms with E-state index in [4.69, 9.17) is 9.47 Å². The number of hydrogen-bond donors (Lipinski definition) is 0. The van der Waals surface area contributed by atoms with Crippen LogP contribution in [0, 0.1) is 0 Å². The molecule has 4 heterocycles. The van der Waals surface area contributed by atoms with Crippen LogP contribution in [-0.4, -0.2) is 85.5 Å². The molecule has 0 aliphatic carbocycles. The van der Waals surface area contributed by atoms with Crippen LogP contribution in [0.5, 0.6) is 11.5 Å². The standard InChI is InChI=1S/C23H30N4O5S/c1-18-20-4-2-7-24(20)8-9-26(18)17-23(28)25-10-12-27(13-11-25)33(29,30)19-5-6-21-22(16-19)32-15-3-14-31-21/h2,4-7,16,18H,3,8-15,17H2,1H3/t18-/m1/s1. The molecule has 1 atom stereocenters. The van der Waals surface area contributed by atoms with Crippen molar-refractivity contribution in [2.75, 3.05) is 52.5 Å². The third kappa shape index (κ3) is 4.34. The van der Waals surface area contributed by atoms with Gasteiger partial charge in [-0.2, -0.15) is 4.31 Å². The van der Waals surface area contributed by atoms with Gasteiger partial charge in [0.05, 0.1) is 24.7 Å². The van der Waals surface area contributed by atoms with Crippen molar-refractivity contribution in [3.63, 3.8) is 0 Å². The number of aromatic nitrogens is 1. The highest BCUT2D eigenvalue weighted by molar-refractivity contribution is 7.89. The average molecular weight is 475 g/mol. The van der Waals surface area contributed by atoms with E-state index in [-0.39, 0.29) is 29.9 Å². The summed E-state index contributed by atoms with van der Waals surface area (Å²) in [6, 6.07) is 9.09. The second-order valence-electron chi connectivity index (χ2n) is 8.72. The van der Waals surface area contributed by atoms with E-state index >= 15 is 0 Å². The molecule has 0 bridgehead atoms. The van der Waals surface area contributed by atoms with Crippen molar-refractivity contribution in [3.8, 4) is 11.5 Å². The lowest BCUT2D eigenvalue weighted by Crippen LogP contribution is -2.53. The first-order chi connectivity index (χ1) is 15.9. The molecule has 3 aliphatic heterocycles. The lowest BCUT2D eigenvalue weighted by atomic mass is 10.1. The Bertz CT molecular complexity index is 1120. The monoisotopic (exact) mass is 474 g/mol. The molecule has 1 aromatic carbocycles. The smallest absolute Gasteiger partial charge is 0.243 e. The molecule has 2 aromatic rings. The maximum Gasteiger partial charge on any atom is 0.243 e. The van der Waals surface area contributed by atoms with Gasteiger partial charge in [-0.3, -0.25) is 9.69 Å². The van der Waals surface area contributed by atoms with Gasteiger partial charge >= 0.3 is 0 Å². The first kappa shape index (κ1) is 22.2. The molecule has 0 N–H and O–H groups in total. The summed E-state index contributed by atoms with van der Waals surface area (Å²) < 4.78 is 41.3. The number of fused-ring (bicyclic) bond motifs is 2. The van der Waals surface area contributed by atoms with Gasteiger partial charge in [-0.15, -0.1) is 0 Å². The van der Waals surface area contributed by atoms with Crippen LogP contribution in [-0.2, 0) is 21.4 Å². The summed E-state index contributed by atoms with van der Waals surface area (Å²) in [5.41, 5.74) is 1.22. The maximum atomic E-state index is 13.2. The number of nitrogens with zero attached hydrogens (tertiary/aromatic N) is 4. The van der Waals surface area contributed by atoms with E-state index in [1.54, 1.807) is 23.1 Å². The van der Waals surface area contributed by atoms with Crippen molar-refractivity contribution in [1.29, 1.82) is 0 Å². The predicted octanol–water partition coefficient (Wildman–Crippen LogP) is 1.56. The van der Waals surface area contributed by atoms with Gasteiger partial charge in [0.1, 0.15) is 0 Å². The molecule has 0 spiro atoms. The highest BCUT2D eigenvalue weighted by atomic mass is 32.2. The highest BCUT2D eigenvalue weighted by Gasteiger charge is 2.32. The lowest BCUT2D eigenvalue weighted by Gasteiger charge is -2.38. The van der Waals surface area contributed by atoms with Crippen LogP contribution < -0.4 is 9.47 Å². The summed E-state index contributed by atoms with van der Waals surface area (Å²) in [5.74, 6) is 1.08. The molecular formula is C23H30N4O5S. The van der Waals surface area contributed by atoms with E-state index in [9.17, 15) is 13.2 Å². The fourth-order valence-electron chi connectivity index (χ4n) is 4.75. The second kappa shape index (κ2) is 9.00. The zero-order valence-electron chi connectivity index (χ0n) is 18.9. The first-order valence-corrected chi connectivity index (χ1v) is 12.9. The van der Waals surface area contributed by atoms with E-state index in [0.717, 1.165) is 19.5 Å². The zero-order valence-corrected chi connectivity index (χ0v) is 19.7. The van der Waals surface area contributed by atoms with Crippen LogP contribution >= 0.6 is 0 Å². The molecule has 5 rings (SSSR count). The van der Waals surface area contributed by atoms with Gasteiger partial charge in [0, 0.05) is 69.7 Å². The second-order valence-corrected chi connectivity index (χ2v) is 10.7. The molecular weight excluding hydrogens is 444 g/mol. The number of piperazine rings is 1. The Morgan fingerprint density at radius 2 is 1.76 bits per heavy atom. The Morgan fingerprint density at radius 1 is 1.00 bits per heavy atom. The number of rotatable bonds is 4. The number of sulfonamides is 1. The van der Waals surface area contributed by atoms with Crippen LogP contribution in [0.3, 0.4) is 0 Å². The van der Waals surface area contributed by atoms with Crippen molar-refractivity contribution in [2.45, 2.75) is 30.8 Å². The van der Waals surface area contributed by atoms with Crippen LogP contribution in [0.15, 0.2) is 41.4 Å². The minimum atomic E-state index is -3.67. The number of amides is 1. The fraction of sp³-hybridized carbons (Fsp3) is 0.522. The number of benzene rings is 1. The highest BCUT2D eigenvalue weighted by Crippen LogP contribution is 2.33. The van der Waals surface area contributed by atoms with Crippen LogP contribution in [0.25, 0.3) is 0 Å². The van der Waals surface area contributed by atoms with Crippen molar-refractivity contribution in [1.82, 2.24) is 18.7 Å². The molecule has 1 amide bonds. The fourth-order valence-corrected chi connectivity index (χ4v) is 6.19. The Labute approximate surface area is 194 Å². The summed E-state index contributed by atoms with van der Waals surface area (Å²) in [4.78, 5) is 17.1. The number of hydrogen-bond acceptors (Lipinski definition) is 6. The number of carbonyl (C=O) groups is 1. The van der Waals surface area contributed by atoms with Gasteiger partial charge in [-0.25, -0.2) is 8.42 Å². The number of ether oxygens (including phenoxy) is 2. The van der Waals surface area contributed by atoms with Crippen LogP contribution in [0.1, 0.15) is 25.1 Å². The van der Waals surface area contributed by atoms with Gasteiger partial charge in [0.2, 0.25) is 15.9 Å². The van der Waals surface area contributed by atoms with E-state index in [1.807, 2.05) is 6.07 Å². The molecule has 178 valence electrons. The van der Waals surface area contributed by atoms with Crippen molar-refractivity contribution >= 4 is 15.9 Å². The molecule has 1 aromatic heterocycles. The van der Waals surface area contributed by atoms with Gasteiger partial charge in [-0.1, -0.05) is 0 Å². The summed E-state index contributed by atoms with van der Waals surface area (Å²) in [7, 11) is -3.67. The molecule has 10 heteroatoms. The molecule has 0 unspecified atom stereocenters. The number of carbonyl (C=O) groups excluding carboxylic acids is 1. The molecule has 9 nitrogen and oxygen atoms in total. The van der Waals surface area contributed by atoms with Gasteiger partial charge in [0.25, 0.3) is 0 Å². The third-order valence-corrected chi connectivity index (χ3v) is 8.65. The Kier molecular flexibility index (Phi) is 6.07. The van der Waals surface area contributed by atoms with Crippen molar-refractivity contribution in [2.24, 2.45) is 0 Å². The minimum Gasteiger partial charge on any atom is -0.490 e. The molecule has 3 aliphatic rings. The average Bonchev–Trinajstić information content (AvgIpc) is 3.19. The van der Waals surface area contributed by atoms with E-state index < -0.39 is 10.0 Å². The third-order valence-electron chi connectivity index (χ3n) is 6.75. The van der Waals surface area contributed by atoms with Gasteiger partial charge < -0.3 is 18.9 Å². The Hall–Kier alpha value is -2.56. The molecule has 0 saturated carbocycles. The van der Waals surface area contributed by atoms with Crippen molar-refractivity contribution in [3.05, 3.63) is 42.2 Å². The zero-order chi connectivity index (χ0) is 23.0. The topological polar surface area (TPSA) is 84.3 Å². The van der Waals surface area contributed by atoms with E-state index in [1.165, 1.54) is 10.00 Å². The minimum absolute atomic E-state index is 0.0504.